The Morgan fingerprint density at radius 1 is 0.897 bits per heavy atom. The zero-order chi connectivity index (χ0) is 21.0. The number of ether oxygens (including phenoxy) is 3. The van der Waals surface area contributed by atoms with Crippen LogP contribution in [0.2, 0.25) is 0 Å². The molecule has 29 heavy (non-hydrogen) atoms. The lowest BCUT2D eigenvalue weighted by Gasteiger charge is -2.13. The standard InChI is InChI=1S/C22H22N2O5/c1-5-10-24-21(25)19(14-6-8-16(27-2)9-7-14)20(22(24)26)23-15-11-17(28-3)13-18(12-15)29-4/h5-9,11-13,23H,1,10H2,2-4H3. The van der Waals surface area contributed by atoms with E-state index >= 15 is 0 Å². The number of amides is 2. The van der Waals surface area contributed by atoms with Crippen LogP contribution < -0.4 is 19.5 Å². The molecular formula is C22H22N2O5. The molecule has 7 heteroatoms. The van der Waals surface area contributed by atoms with Gasteiger partial charge in [-0.15, -0.1) is 6.58 Å². The molecule has 1 N–H and O–H groups in total. The van der Waals surface area contributed by atoms with Gasteiger partial charge in [-0.1, -0.05) is 18.2 Å². The highest BCUT2D eigenvalue weighted by Gasteiger charge is 2.38. The average molecular weight is 394 g/mol. The molecule has 2 aromatic rings. The molecule has 0 saturated heterocycles. The molecule has 0 radical (unpaired) electrons. The first kappa shape index (κ1) is 20.0. The van der Waals surface area contributed by atoms with Crippen LogP contribution in [-0.4, -0.2) is 44.6 Å². The third-order valence-electron chi connectivity index (χ3n) is 4.48. The van der Waals surface area contributed by atoms with E-state index in [1.54, 1.807) is 49.6 Å². The van der Waals surface area contributed by atoms with E-state index in [0.29, 0.717) is 28.5 Å². The summed E-state index contributed by atoms with van der Waals surface area (Å²) in [5, 5.41) is 3.08. The summed E-state index contributed by atoms with van der Waals surface area (Å²) in [4.78, 5) is 27.1. The summed E-state index contributed by atoms with van der Waals surface area (Å²) in [7, 11) is 4.64. The number of carbonyl (C=O) groups is 2. The molecule has 150 valence electrons. The van der Waals surface area contributed by atoms with Crippen LogP contribution in [-0.2, 0) is 9.59 Å². The molecule has 0 fully saturated rings. The normalized spacial score (nSPS) is 13.6. The minimum Gasteiger partial charge on any atom is -0.497 e. The lowest BCUT2D eigenvalue weighted by molar-refractivity contribution is -0.136. The van der Waals surface area contributed by atoms with Crippen LogP contribution >= 0.6 is 0 Å². The number of methoxy groups -OCH3 is 3. The Kier molecular flexibility index (Phi) is 5.87. The van der Waals surface area contributed by atoms with Crippen molar-refractivity contribution >= 4 is 23.1 Å². The first-order valence-corrected chi connectivity index (χ1v) is 8.88. The third-order valence-corrected chi connectivity index (χ3v) is 4.48. The van der Waals surface area contributed by atoms with E-state index in [9.17, 15) is 9.59 Å². The van der Waals surface area contributed by atoms with Crippen molar-refractivity contribution in [3.63, 3.8) is 0 Å². The molecule has 0 spiro atoms. The predicted molar refractivity (Wildman–Crippen MR) is 110 cm³/mol. The highest BCUT2D eigenvalue weighted by Crippen LogP contribution is 2.33. The zero-order valence-corrected chi connectivity index (χ0v) is 16.5. The highest BCUT2D eigenvalue weighted by molar-refractivity contribution is 6.36. The molecule has 7 nitrogen and oxygen atoms in total. The van der Waals surface area contributed by atoms with Crippen LogP contribution in [0.3, 0.4) is 0 Å². The Bertz CT molecular complexity index is 957. The largest absolute Gasteiger partial charge is 0.497 e. The molecule has 0 aromatic heterocycles. The monoisotopic (exact) mass is 394 g/mol. The minimum absolute atomic E-state index is 0.115. The van der Waals surface area contributed by atoms with Gasteiger partial charge in [0.2, 0.25) is 0 Å². The number of rotatable bonds is 8. The topological polar surface area (TPSA) is 77.1 Å². The van der Waals surface area contributed by atoms with Crippen molar-refractivity contribution in [2.45, 2.75) is 0 Å². The average Bonchev–Trinajstić information content (AvgIpc) is 2.98. The summed E-state index contributed by atoms with van der Waals surface area (Å²) in [6, 6.07) is 12.1. The fraction of sp³-hybridized carbons (Fsp3) is 0.182. The number of nitrogens with zero attached hydrogens (tertiary/aromatic N) is 1. The summed E-state index contributed by atoms with van der Waals surface area (Å²) < 4.78 is 15.7. The van der Waals surface area contributed by atoms with Crippen molar-refractivity contribution < 1.29 is 23.8 Å². The van der Waals surface area contributed by atoms with E-state index in [-0.39, 0.29) is 17.8 Å². The van der Waals surface area contributed by atoms with Crippen LogP contribution in [0.1, 0.15) is 5.56 Å². The van der Waals surface area contributed by atoms with Gasteiger partial charge in [0.15, 0.2) is 0 Å². The molecule has 1 aliphatic rings. The summed E-state index contributed by atoms with van der Waals surface area (Å²) in [6.45, 7) is 3.75. The Labute approximate surface area is 169 Å². The number of anilines is 1. The summed E-state index contributed by atoms with van der Waals surface area (Å²) >= 11 is 0. The lowest BCUT2D eigenvalue weighted by atomic mass is 10.0. The molecule has 0 bridgehead atoms. The van der Waals surface area contributed by atoms with Crippen molar-refractivity contribution in [3.8, 4) is 17.2 Å². The van der Waals surface area contributed by atoms with E-state index in [0.717, 1.165) is 4.90 Å². The SMILES string of the molecule is C=CCN1C(=O)C(Nc2cc(OC)cc(OC)c2)=C(c2ccc(OC)cc2)C1=O. The van der Waals surface area contributed by atoms with Gasteiger partial charge in [0, 0.05) is 30.4 Å². The Morgan fingerprint density at radius 2 is 1.48 bits per heavy atom. The summed E-state index contributed by atoms with van der Waals surface area (Å²) in [5.74, 6) is 0.942. The second-order valence-corrected chi connectivity index (χ2v) is 6.21. The molecule has 2 aromatic carbocycles. The van der Waals surface area contributed by atoms with Crippen molar-refractivity contribution in [2.24, 2.45) is 0 Å². The fourth-order valence-electron chi connectivity index (χ4n) is 3.04. The smallest absolute Gasteiger partial charge is 0.278 e. The minimum atomic E-state index is -0.428. The molecule has 2 amide bonds. The maximum Gasteiger partial charge on any atom is 0.278 e. The molecule has 0 unspecified atom stereocenters. The number of hydrogen-bond acceptors (Lipinski definition) is 6. The predicted octanol–water partition coefficient (Wildman–Crippen LogP) is 3.09. The maximum atomic E-state index is 13.0. The van der Waals surface area contributed by atoms with E-state index in [2.05, 4.69) is 11.9 Å². The van der Waals surface area contributed by atoms with E-state index in [1.165, 1.54) is 20.3 Å². The maximum absolute atomic E-state index is 13.0. The van der Waals surface area contributed by atoms with Crippen LogP contribution in [0.15, 0.2) is 60.8 Å². The molecular weight excluding hydrogens is 372 g/mol. The number of carbonyl (C=O) groups excluding carboxylic acids is 2. The van der Waals surface area contributed by atoms with Gasteiger partial charge in [0.1, 0.15) is 22.9 Å². The van der Waals surface area contributed by atoms with Gasteiger partial charge in [-0.2, -0.15) is 0 Å². The van der Waals surface area contributed by atoms with Crippen molar-refractivity contribution in [1.29, 1.82) is 0 Å². The second kappa shape index (κ2) is 8.52. The fourth-order valence-corrected chi connectivity index (χ4v) is 3.04. The van der Waals surface area contributed by atoms with Gasteiger partial charge < -0.3 is 19.5 Å². The van der Waals surface area contributed by atoms with Gasteiger partial charge in [0.05, 0.1) is 26.9 Å². The number of benzene rings is 2. The Hall–Kier alpha value is -3.74. The number of hydrogen-bond donors (Lipinski definition) is 1. The van der Waals surface area contributed by atoms with E-state index in [4.69, 9.17) is 14.2 Å². The van der Waals surface area contributed by atoms with Crippen molar-refractivity contribution in [2.75, 3.05) is 33.2 Å². The van der Waals surface area contributed by atoms with Crippen molar-refractivity contribution in [3.05, 3.63) is 66.4 Å². The summed E-state index contributed by atoms with van der Waals surface area (Å²) in [6.07, 6.45) is 1.51. The molecule has 1 aliphatic heterocycles. The molecule has 3 rings (SSSR count). The van der Waals surface area contributed by atoms with Gasteiger partial charge in [-0.05, 0) is 17.7 Å². The van der Waals surface area contributed by atoms with E-state index in [1.807, 2.05) is 0 Å². The summed E-state index contributed by atoms with van der Waals surface area (Å²) in [5.41, 5.74) is 1.62. The first-order valence-electron chi connectivity index (χ1n) is 8.88. The van der Waals surface area contributed by atoms with Crippen molar-refractivity contribution in [1.82, 2.24) is 4.90 Å². The van der Waals surface area contributed by atoms with Gasteiger partial charge in [0.25, 0.3) is 11.8 Å². The first-order chi connectivity index (χ1) is 14.0. The van der Waals surface area contributed by atoms with Crippen LogP contribution in [0.4, 0.5) is 5.69 Å². The Balaban J connectivity index is 2.08. The van der Waals surface area contributed by atoms with Gasteiger partial charge in [-0.3, -0.25) is 14.5 Å². The van der Waals surface area contributed by atoms with Crippen LogP contribution in [0.25, 0.3) is 5.57 Å². The van der Waals surface area contributed by atoms with Gasteiger partial charge >= 0.3 is 0 Å². The number of imide groups is 1. The molecule has 0 atom stereocenters. The third kappa shape index (κ3) is 3.94. The lowest BCUT2D eigenvalue weighted by Crippen LogP contribution is -2.32. The number of nitrogens with one attached hydrogen (secondary N) is 1. The highest BCUT2D eigenvalue weighted by atomic mass is 16.5. The molecule has 0 saturated carbocycles. The van der Waals surface area contributed by atoms with Crippen LogP contribution in [0.5, 0.6) is 17.2 Å². The Morgan fingerprint density at radius 3 is 2.00 bits per heavy atom. The molecule has 1 heterocycles. The zero-order valence-electron chi connectivity index (χ0n) is 16.5. The quantitative estimate of drug-likeness (QED) is 0.548. The second-order valence-electron chi connectivity index (χ2n) is 6.21. The van der Waals surface area contributed by atoms with Gasteiger partial charge in [-0.25, -0.2) is 0 Å². The van der Waals surface area contributed by atoms with Crippen LogP contribution in [0, 0.1) is 0 Å². The van der Waals surface area contributed by atoms with E-state index < -0.39 is 11.8 Å². The molecule has 0 aliphatic carbocycles.